The maximum absolute atomic E-state index is 12.8. The van der Waals surface area contributed by atoms with Gasteiger partial charge in [0.2, 0.25) is 5.95 Å². The molecule has 0 aromatic carbocycles. The van der Waals surface area contributed by atoms with Gasteiger partial charge in [-0.25, -0.2) is 9.97 Å². The molecule has 4 heterocycles. The minimum Gasteiger partial charge on any atom is -0.378 e. The third-order valence-electron chi connectivity index (χ3n) is 7.32. The minimum absolute atomic E-state index is 0.0569. The predicted octanol–water partition coefficient (Wildman–Crippen LogP) is 2.15. The Balaban J connectivity index is 1.27. The number of aryl methyl sites for hydroxylation is 1. The zero-order valence-electron chi connectivity index (χ0n) is 18.6. The summed E-state index contributed by atoms with van der Waals surface area (Å²) < 4.78 is 5.46. The van der Waals surface area contributed by atoms with E-state index in [1.54, 1.807) is 0 Å². The lowest BCUT2D eigenvalue weighted by Crippen LogP contribution is -2.43. The van der Waals surface area contributed by atoms with Gasteiger partial charge in [-0.15, -0.1) is 0 Å². The molecule has 0 amide bonds. The average molecular weight is 427 g/mol. The first-order chi connectivity index (χ1) is 15.2. The third kappa shape index (κ3) is 4.15. The fourth-order valence-corrected chi connectivity index (χ4v) is 5.39. The number of unbranched alkanes of at least 4 members (excludes halogenated alkanes) is 1. The molecule has 0 atom stereocenters. The molecular weight excluding hydrogens is 392 g/mol. The van der Waals surface area contributed by atoms with Crippen molar-refractivity contribution in [3.8, 4) is 0 Å². The second-order valence-electron chi connectivity index (χ2n) is 9.33. The summed E-state index contributed by atoms with van der Waals surface area (Å²) in [5.41, 5.74) is 3.31. The number of rotatable bonds is 6. The molecule has 0 radical (unpaired) electrons. The Hall–Kier alpha value is -2.19. The number of nitrogens with one attached hydrogen (secondary N) is 2. The average Bonchev–Trinajstić information content (AvgIpc) is 3.40. The van der Waals surface area contributed by atoms with Crippen LogP contribution in [-0.2, 0) is 29.5 Å². The van der Waals surface area contributed by atoms with Crippen LogP contribution in [0, 0.1) is 0 Å². The molecule has 31 heavy (non-hydrogen) atoms. The molecule has 2 N–H and O–H groups in total. The number of morpholine rings is 1. The van der Waals surface area contributed by atoms with Crippen LogP contribution < -0.4 is 10.5 Å². The molecule has 1 spiro atoms. The van der Waals surface area contributed by atoms with Gasteiger partial charge in [0.15, 0.2) is 0 Å². The first-order valence-corrected chi connectivity index (χ1v) is 11.9. The summed E-state index contributed by atoms with van der Waals surface area (Å²) in [4.78, 5) is 33.6. The van der Waals surface area contributed by atoms with Gasteiger partial charge in [0.25, 0.3) is 5.56 Å². The fraction of sp³-hybridized carbons (Fsp3) is 0.696. The number of nitrogens with zero attached hydrogens (tertiary/aromatic N) is 4. The normalized spacial score (nSPS) is 21.0. The van der Waals surface area contributed by atoms with Crippen molar-refractivity contribution in [2.75, 3.05) is 44.3 Å². The molecule has 2 fully saturated rings. The summed E-state index contributed by atoms with van der Waals surface area (Å²) in [6.45, 7) is 8.14. The van der Waals surface area contributed by atoms with Crippen LogP contribution in [0.5, 0.6) is 0 Å². The molecule has 0 unspecified atom stereocenters. The van der Waals surface area contributed by atoms with Crippen molar-refractivity contribution in [2.24, 2.45) is 0 Å². The zero-order chi connectivity index (χ0) is 21.3. The number of aromatic amines is 2. The Kier molecular flexibility index (Phi) is 5.84. The number of fused-ring (bicyclic) bond motifs is 2. The highest BCUT2D eigenvalue weighted by atomic mass is 16.5. The molecule has 1 aliphatic carbocycles. The molecule has 2 saturated heterocycles. The van der Waals surface area contributed by atoms with Crippen LogP contribution in [0.2, 0.25) is 0 Å². The number of imidazole rings is 1. The summed E-state index contributed by atoms with van der Waals surface area (Å²) in [6.07, 6.45) is 9.42. The predicted molar refractivity (Wildman–Crippen MR) is 120 cm³/mol. The van der Waals surface area contributed by atoms with Gasteiger partial charge < -0.3 is 14.6 Å². The SMILES string of the molecule is CCCCc1ncc(CN2CCC3(CCc4c3nc(N3CCOCC3)[nH]c4=O)CC2)[nH]1. The quantitative estimate of drug-likeness (QED) is 0.736. The zero-order valence-corrected chi connectivity index (χ0v) is 18.6. The van der Waals surface area contributed by atoms with E-state index in [0.29, 0.717) is 13.2 Å². The lowest BCUT2D eigenvalue weighted by Gasteiger charge is -2.39. The smallest absolute Gasteiger partial charge is 0.255 e. The highest BCUT2D eigenvalue weighted by Crippen LogP contribution is 2.44. The number of anilines is 1. The van der Waals surface area contributed by atoms with Crippen LogP contribution in [0.25, 0.3) is 0 Å². The molecule has 5 rings (SSSR count). The Morgan fingerprint density at radius 2 is 1.94 bits per heavy atom. The van der Waals surface area contributed by atoms with Crippen LogP contribution in [0.3, 0.4) is 0 Å². The lowest BCUT2D eigenvalue weighted by atomic mass is 9.76. The number of piperidine rings is 1. The summed E-state index contributed by atoms with van der Waals surface area (Å²) in [5.74, 6) is 1.84. The van der Waals surface area contributed by atoms with E-state index >= 15 is 0 Å². The van der Waals surface area contributed by atoms with Crippen molar-refractivity contribution in [2.45, 2.75) is 63.8 Å². The molecular formula is C23H34N6O2. The molecule has 2 aliphatic heterocycles. The van der Waals surface area contributed by atoms with Gasteiger partial charge in [0, 0.05) is 48.9 Å². The Bertz CT molecular complexity index is 953. The van der Waals surface area contributed by atoms with Crippen LogP contribution in [0.15, 0.2) is 11.0 Å². The summed E-state index contributed by atoms with van der Waals surface area (Å²) in [7, 11) is 0. The molecule has 2 aromatic heterocycles. The lowest BCUT2D eigenvalue weighted by molar-refractivity contribution is 0.121. The van der Waals surface area contributed by atoms with Gasteiger partial charge >= 0.3 is 0 Å². The van der Waals surface area contributed by atoms with Crippen molar-refractivity contribution < 1.29 is 4.74 Å². The molecule has 8 heteroatoms. The van der Waals surface area contributed by atoms with E-state index in [9.17, 15) is 4.79 Å². The van der Waals surface area contributed by atoms with Crippen LogP contribution in [0.1, 0.15) is 61.8 Å². The van der Waals surface area contributed by atoms with Crippen LogP contribution in [0.4, 0.5) is 5.95 Å². The first kappa shape index (κ1) is 20.7. The van der Waals surface area contributed by atoms with Crippen molar-refractivity contribution in [1.29, 1.82) is 0 Å². The van der Waals surface area contributed by atoms with E-state index in [0.717, 1.165) is 87.9 Å². The van der Waals surface area contributed by atoms with E-state index in [2.05, 4.69) is 31.7 Å². The van der Waals surface area contributed by atoms with E-state index in [1.165, 1.54) is 18.5 Å². The topological polar surface area (TPSA) is 90.1 Å². The van der Waals surface area contributed by atoms with Crippen molar-refractivity contribution in [3.63, 3.8) is 0 Å². The number of likely N-dealkylation sites (tertiary alicyclic amines) is 1. The largest absolute Gasteiger partial charge is 0.378 e. The monoisotopic (exact) mass is 426 g/mol. The molecule has 168 valence electrons. The maximum atomic E-state index is 12.8. The van der Waals surface area contributed by atoms with Gasteiger partial charge in [-0.05, 0) is 45.2 Å². The second-order valence-corrected chi connectivity index (χ2v) is 9.33. The fourth-order valence-electron chi connectivity index (χ4n) is 5.39. The van der Waals surface area contributed by atoms with Gasteiger partial charge in [-0.2, -0.15) is 0 Å². The van der Waals surface area contributed by atoms with Crippen molar-refractivity contribution in [3.05, 3.63) is 39.3 Å². The molecule has 0 saturated carbocycles. The standard InChI is InChI=1S/C23H34N6O2/c1-2-3-4-19-24-15-17(25-19)16-28-9-7-23(8-10-28)6-5-18-20(23)26-22(27-21(18)30)29-11-13-31-14-12-29/h15H,2-14,16H2,1H3,(H,24,25)(H,26,27,30). The van der Waals surface area contributed by atoms with E-state index in [4.69, 9.17) is 9.72 Å². The van der Waals surface area contributed by atoms with E-state index in [1.807, 2.05) is 6.20 Å². The highest BCUT2D eigenvalue weighted by molar-refractivity contribution is 5.40. The van der Waals surface area contributed by atoms with Gasteiger partial charge in [0.1, 0.15) is 5.82 Å². The van der Waals surface area contributed by atoms with Gasteiger partial charge in [-0.1, -0.05) is 13.3 Å². The minimum atomic E-state index is 0.0569. The van der Waals surface area contributed by atoms with E-state index in [-0.39, 0.29) is 11.0 Å². The summed E-state index contributed by atoms with van der Waals surface area (Å²) in [6, 6.07) is 0. The van der Waals surface area contributed by atoms with Crippen LogP contribution >= 0.6 is 0 Å². The molecule has 2 aromatic rings. The third-order valence-corrected chi connectivity index (χ3v) is 7.32. The summed E-state index contributed by atoms with van der Waals surface area (Å²) in [5, 5.41) is 0. The molecule has 8 nitrogen and oxygen atoms in total. The Morgan fingerprint density at radius 3 is 2.71 bits per heavy atom. The van der Waals surface area contributed by atoms with Crippen LogP contribution in [-0.4, -0.2) is 64.2 Å². The summed E-state index contributed by atoms with van der Waals surface area (Å²) >= 11 is 0. The molecule has 3 aliphatic rings. The Labute approximate surface area is 183 Å². The molecule has 0 bridgehead atoms. The first-order valence-electron chi connectivity index (χ1n) is 11.9. The Morgan fingerprint density at radius 1 is 1.13 bits per heavy atom. The number of H-pyrrole nitrogens is 2. The van der Waals surface area contributed by atoms with Gasteiger partial charge in [-0.3, -0.25) is 14.7 Å². The van der Waals surface area contributed by atoms with E-state index < -0.39 is 0 Å². The number of ether oxygens (including phenoxy) is 1. The number of hydrogen-bond acceptors (Lipinski definition) is 6. The number of aromatic nitrogens is 4. The maximum Gasteiger partial charge on any atom is 0.255 e. The van der Waals surface area contributed by atoms with Crippen molar-refractivity contribution in [1.82, 2.24) is 24.8 Å². The highest BCUT2D eigenvalue weighted by Gasteiger charge is 2.44. The number of hydrogen-bond donors (Lipinski definition) is 2. The van der Waals surface area contributed by atoms with Gasteiger partial charge in [0.05, 0.1) is 18.9 Å². The van der Waals surface area contributed by atoms with Crippen molar-refractivity contribution >= 4 is 5.95 Å². The second kappa shape index (κ2) is 8.74.